The van der Waals surface area contributed by atoms with E-state index >= 15 is 0 Å². The van der Waals surface area contributed by atoms with Crippen molar-refractivity contribution in [1.29, 1.82) is 0 Å². The van der Waals surface area contributed by atoms with Gasteiger partial charge >= 0.3 is 0 Å². The van der Waals surface area contributed by atoms with Crippen molar-refractivity contribution in [2.75, 3.05) is 13.2 Å². The molecular formula is C15H22ClNO2. The number of halogens is 1. The Bertz CT molecular complexity index is 399. The molecule has 106 valence electrons. The van der Waals surface area contributed by atoms with E-state index in [0.29, 0.717) is 23.5 Å². The van der Waals surface area contributed by atoms with Gasteiger partial charge in [-0.15, -0.1) is 0 Å². The van der Waals surface area contributed by atoms with Crippen LogP contribution in [-0.4, -0.2) is 29.4 Å². The van der Waals surface area contributed by atoms with E-state index in [2.05, 4.69) is 5.32 Å². The van der Waals surface area contributed by atoms with Crippen molar-refractivity contribution < 1.29 is 10.2 Å². The average molecular weight is 284 g/mol. The molecule has 4 heteroatoms. The first-order chi connectivity index (χ1) is 9.22. The van der Waals surface area contributed by atoms with Crippen molar-refractivity contribution in [3.05, 3.63) is 34.9 Å². The van der Waals surface area contributed by atoms with E-state index in [1.165, 1.54) is 12.8 Å². The summed E-state index contributed by atoms with van der Waals surface area (Å²) in [5.74, 6) is 0.312. The predicted molar refractivity (Wildman–Crippen MR) is 77.2 cm³/mol. The average Bonchev–Trinajstić information content (AvgIpc) is 2.45. The van der Waals surface area contributed by atoms with Crippen LogP contribution in [0.5, 0.6) is 0 Å². The fourth-order valence-corrected chi connectivity index (χ4v) is 3.07. The topological polar surface area (TPSA) is 52.5 Å². The Kier molecular flexibility index (Phi) is 5.64. The van der Waals surface area contributed by atoms with Crippen LogP contribution in [0.3, 0.4) is 0 Å². The zero-order chi connectivity index (χ0) is 13.7. The van der Waals surface area contributed by atoms with Gasteiger partial charge in [-0.05, 0) is 24.8 Å². The lowest BCUT2D eigenvalue weighted by molar-refractivity contribution is 0.127. The van der Waals surface area contributed by atoms with Crippen LogP contribution in [0.25, 0.3) is 0 Å². The molecule has 0 heterocycles. The van der Waals surface area contributed by atoms with Crippen molar-refractivity contribution in [2.24, 2.45) is 5.92 Å². The number of aliphatic hydroxyl groups excluding tert-OH is 2. The zero-order valence-electron chi connectivity index (χ0n) is 11.1. The second-order valence-corrected chi connectivity index (χ2v) is 5.69. The molecule has 0 bridgehead atoms. The van der Waals surface area contributed by atoms with Gasteiger partial charge in [0.25, 0.3) is 0 Å². The van der Waals surface area contributed by atoms with Crippen LogP contribution < -0.4 is 5.32 Å². The maximum atomic E-state index is 10.2. The SMILES string of the molecule is OC[C@@H]1CCCC[C@H]1NC[C@@H](O)c1ccccc1Cl. The fraction of sp³-hybridized carbons (Fsp3) is 0.600. The van der Waals surface area contributed by atoms with Gasteiger partial charge in [0.2, 0.25) is 0 Å². The molecule has 1 aliphatic rings. The van der Waals surface area contributed by atoms with Crippen LogP contribution in [0.4, 0.5) is 0 Å². The molecule has 1 aliphatic carbocycles. The van der Waals surface area contributed by atoms with E-state index in [0.717, 1.165) is 18.4 Å². The van der Waals surface area contributed by atoms with Gasteiger partial charge < -0.3 is 15.5 Å². The Balaban J connectivity index is 1.89. The molecule has 2 rings (SSSR count). The summed E-state index contributed by atoms with van der Waals surface area (Å²) >= 11 is 6.07. The molecule has 0 spiro atoms. The minimum atomic E-state index is -0.602. The summed E-state index contributed by atoms with van der Waals surface area (Å²) < 4.78 is 0. The van der Waals surface area contributed by atoms with Gasteiger partial charge in [0.1, 0.15) is 0 Å². The first kappa shape index (κ1) is 14.8. The van der Waals surface area contributed by atoms with E-state index in [1.807, 2.05) is 18.2 Å². The standard InChI is InChI=1S/C15H22ClNO2/c16-13-7-3-2-6-12(13)15(19)9-17-14-8-4-1-5-11(14)10-18/h2-3,6-7,11,14-15,17-19H,1,4-5,8-10H2/t11-,14+,15+/m0/s1. The highest BCUT2D eigenvalue weighted by atomic mass is 35.5. The Hall–Kier alpha value is -0.610. The summed E-state index contributed by atoms with van der Waals surface area (Å²) in [5.41, 5.74) is 0.757. The summed E-state index contributed by atoms with van der Waals surface area (Å²) in [6.45, 7) is 0.699. The molecule has 0 saturated heterocycles. The van der Waals surface area contributed by atoms with Gasteiger partial charge in [-0.1, -0.05) is 42.6 Å². The lowest BCUT2D eigenvalue weighted by Gasteiger charge is -2.31. The van der Waals surface area contributed by atoms with Gasteiger partial charge in [-0.25, -0.2) is 0 Å². The van der Waals surface area contributed by atoms with Crippen molar-refractivity contribution in [1.82, 2.24) is 5.32 Å². The number of hydrogen-bond acceptors (Lipinski definition) is 3. The van der Waals surface area contributed by atoms with Crippen LogP contribution in [-0.2, 0) is 0 Å². The van der Waals surface area contributed by atoms with Crippen LogP contribution in [0.15, 0.2) is 24.3 Å². The maximum absolute atomic E-state index is 10.2. The normalized spacial score (nSPS) is 25.2. The van der Waals surface area contributed by atoms with Gasteiger partial charge in [0, 0.05) is 29.8 Å². The van der Waals surface area contributed by atoms with Crippen molar-refractivity contribution in [3.63, 3.8) is 0 Å². The second kappa shape index (κ2) is 7.25. The van der Waals surface area contributed by atoms with Crippen LogP contribution >= 0.6 is 11.6 Å². The highest BCUT2D eigenvalue weighted by Gasteiger charge is 2.24. The summed E-state index contributed by atoms with van der Waals surface area (Å²) in [5, 5.41) is 23.5. The molecule has 0 unspecified atom stereocenters. The molecule has 1 saturated carbocycles. The Morgan fingerprint density at radius 2 is 2.00 bits per heavy atom. The molecule has 1 fully saturated rings. The minimum Gasteiger partial charge on any atom is -0.396 e. The van der Waals surface area contributed by atoms with Gasteiger partial charge in [-0.2, -0.15) is 0 Å². The molecule has 1 aromatic carbocycles. The first-order valence-electron chi connectivity index (χ1n) is 6.99. The van der Waals surface area contributed by atoms with Gasteiger partial charge in [0.05, 0.1) is 6.10 Å². The molecule has 3 N–H and O–H groups in total. The molecule has 3 nitrogen and oxygen atoms in total. The lowest BCUT2D eigenvalue weighted by Crippen LogP contribution is -2.42. The van der Waals surface area contributed by atoms with Crippen LogP contribution in [0.1, 0.15) is 37.4 Å². The Morgan fingerprint density at radius 3 is 2.74 bits per heavy atom. The highest BCUT2D eigenvalue weighted by molar-refractivity contribution is 6.31. The van der Waals surface area contributed by atoms with E-state index in [1.54, 1.807) is 6.07 Å². The predicted octanol–water partition coefficient (Wildman–Crippen LogP) is 2.51. The highest BCUT2D eigenvalue weighted by Crippen LogP contribution is 2.26. The smallest absolute Gasteiger partial charge is 0.0928 e. The molecule has 0 amide bonds. The first-order valence-corrected chi connectivity index (χ1v) is 7.37. The van der Waals surface area contributed by atoms with E-state index in [-0.39, 0.29) is 6.61 Å². The van der Waals surface area contributed by atoms with E-state index in [9.17, 15) is 10.2 Å². The molecule has 19 heavy (non-hydrogen) atoms. The Morgan fingerprint density at radius 1 is 1.26 bits per heavy atom. The summed E-state index contributed by atoms with van der Waals surface area (Å²) in [6.07, 6.45) is 3.92. The number of aliphatic hydroxyl groups is 2. The monoisotopic (exact) mass is 283 g/mol. The zero-order valence-corrected chi connectivity index (χ0v) is 11.8. The number of nitrogens with one attached hydrogen (secondary N) is 1. The third kappa shape index (κ3) is 3.93. The van der Waals surface area contributed by atoms with Gasteiger partial charge in [-0.3, -0.25) is 0 Å². The largest absolute Gasteiger partial charge is 0.396 e. The Labute approximate surface area is 119 Å². The fourth-order valence-electron chi connectivity index (χ4n) is 2.81. The summed E-state index contributed by atoms with van der Waals surface area (Å²) in [6, 6.07) is 7.67. The van der Waals surface area contributed by atoms with E-state index < -0.39 is 6.10 Å². The molecule has 0 aromatic heterocycles. The van der Waals surface area contributed by atoms with Gasteiger partial charge in [0.15, 0.2) is 0 Å². The number of benzene rings is 1. The molecule has 0 radical (unpaired) electrons. The molecule has 0 aliphatic heterocycles. The lowest BCUT2D eigenvalue weighted by atomic mass is 9.85. The van der Waals surface area contributed by atoms with Crippen molar-refractivity contribution in [3.8, 4) is 0 Å². The quantitative estimate of drug-likeness (QED) is 0.778. The summed E-state index contributed by atoms with van der Waals surface area (Å²) in [7, 11) is 0. The third-order valence-corrected chi connectivity index (χ3v) is 4.33. The number of hydrogen-bond donors (Lipinski definition) is 3. The summed E-state index contributed by atoms with van der Waals surface area (Å²) in [4.78, 5) is 0. The van der Waals surface area contributed by atoms with Crippen molar-refractivity contribution >= 4 is 11.6 Å². The van der Waals surface area contributed by atoms with E-state index in [4.69, 9.17) is 11.6 Å². The molecule has 1 aromatic rings. The molecular weight excluding hydrogens is 262 g/mol. The van der Waals surface area contributed by atoms with Crippen LogP contribution in [0.2, 0.25) is 5.02 Å². The molecule has 3 atom stereocenters. The number of rotatable bonds is 5. The second-order valence-electron chi connectivity index (χ2n) is 5.28. The van der Waals surface area contributed by atoms with Crippen LogP contribution in [0, 0.1) is 5.92 Å². The maximum Gasteiger partial charge on any atom is 0.0928 e. The third-order valence-electron chi connectivity index (χ3n) is 3.98. The minimum absolute atomic E-state index is 0.222. The van der Waals surface area contributed by atoms with Crippen molar-refractivity contribution in [2.45, 2.75) is 37.8 Å².